The van der Waals surface area contributed by atoms with Crippen molar-refractivity contribution in [3.05, 3.63) is 123 Å². The number of cyclic esters (lactones) is 1. The minimum Gasteiger partial charge on any atom is -0.497 e. The van der Waals surface area contributed by atoms with E-state index in [4.69, 9.17) is 19.2 Å². The maximum atomic E-state index is 13.8. The Hall–Kier alpha value is -5.89. The summed E-state index contributed by atoms with van der Waals surface area (Å²) < 4.78 is 60.4. The zero-order valence-electron chi connectivity index (χ0n) is 27.5. The van der Waals surface area contributed by atoms with E-state index in [9.17, 15) is 27.2 Å². The van der Waals surface area contributed by atoms with E-state index in [1.807, 2.05) is 30.3 Å². The lowest BCUT2D eigenvalue weighted by atomic mass is 9.85. The number of hydrogen-bond acceptors (Lipinski definition) is 10. The van der Waals surface area contributed by atoms with Gasteiger partial charge >= 0.3 is 11.9 Å². The molecule has 0 amide bonds. The number of para-hydroxylation sites is 1. The van der Waals surface area contributed by atoms with Crippen LogP contribution >= 0.6 is 0 Å². The van der Waals surface area contributed by atoms with E-state index in [0.717, 1.165) is 40.7 Å². The SMILES string of the molecule is CC[C@@]1(OC(=O)CN=C(Cc2ccc(OC)cc2)NS(=O)(=O)c2ccc(F)cc2)C(=O)OCc2c1cc1n(c2=O)Cc2cc3ccccc3nc2-1. The number of amidine groups is 1. The van der Waals surface area contributed by atoms with Crippen molar-refractivity contribution >= 4 is 38.7 Å². The van der Waals surface area contributed by atoms with E-state index in [1.165, 1.54) is 7.11 Å². The van der Waals surface area contributed by atoms with Gasteiger partial charge in [-0.2, -0.15) is 0 Å². The summed E-state index contributed by atoms with van der Waals surface area (Å²) >= 11 is 0. The lowest BCUT2D eigenvalue weighted by Crippen LogP contribution is -2.48. The summed E-state index contributed by atoms with van der Waals surface area (Å²) in [5, 5.41) is 0.920. The van der Waals surface area contributed by atoms with Crippen LogP contribution in [-0.2, 0) is 54.3 Å². The number of esters is 2. The third-order valence-electron chi connectivity index (χ3n) is 8.98. The predicted octanol–water partition coefficient (Wildman–Crippen LogP) is 4.40. The molecule has 3 aromatic carbocycles. The summed E-state index contributed by atoms with van der Waals surface area (Å²) in [5.74, 6) is -1.97. The smallest absolute Gasteiger partial charge is 0.355 e. The molecule has 12 nitrogen and oxygen atoms in total. The molecule has 1 atom stereocenters. The first-order valence-corrected chi connectivity index (χ1v) is 17.5. The number of halogens is 1. The summed E-state index contributed by atoms with van der Waals surface area (Å²) in [6, 6.07) is 22.2. The van der Waals surface area contributed by atoms with Crippen LogP contribution in [-0.4, -0.2) is 49.4 Å². The summed E-state index contributed by atoms with van der Waals surface area (Å²) in [7, 11) is -2.73. The lowest BCUT2D eigenvalue weighted by molar-refractivity contribution is -0.188. The van der Waals surface area contributed by atoms with Crippen LogP contribution in [0.2, 0.25) is 0 Å². The van der Waals surface area contributed by atoms with Crippen molar-refractivity contribution in [3.63, 3.8) is 0 Å². The number of fused-ring (bicyclic) bond motifs is 5. The first kappa shape index (κ1) is 33.6. The zero-order chi connectivity index (χ0) is 35.9. The molecule has 0 fully saturated rings. The average Bonchev–Trinajstić information content (AvgIpc) is 3.49. The summed E-state index contributed by atoms with van der Waals surface area (Å²) in [5.41, 5.74) is 1.30. The Morgan fingerprint density at radius 3 is 2.53 bits per heavy atom. The molecule has 0 bridgehead atoms. The maximum absolute atomic E-state index is 13.8. The summed E-state index contributed by atoms with van der Waals surface area (Å²) in [4.78, 5) is 49.7. The Morgan fingerprint density at radius 2 is 1.80 bits per heavy atom. The molecule has 7 rings (SSSR count). The largest absolute Gasteiger partial charge is 0.497 e. The average molecular weight is 711 g/mol. The number of methoxy groups -OCH3 is 1. The molecule has 0 spiro atoms. The zero-order valence-corrected chi connectivity index (χ0v) is 28.3. The minimum atomic E-state index is -4.24. The number of carbonyl (C=O) groups excluding carboxylic acids is 2. The second-order valence-electron chi connectivity index (χ2n) is 12.1. The molecule has 51 heavy (non-hydrogen) atoms. The van der Waals surface area contributed by atoms with Crippen molar-refractivity contribution in [2.45, 2.75) is 43.4 Å². The van der Waals surface area contributed by atoms with E-state index in [1.54, 1.807) is 41.8 Å². The molecule has 0 radical (unpaired) electrons. The van der Waals surface area contributed by atoms with Crippen LogP contribution in [0.15, 0.2) is 99.6 Å². The summed E-state index contributed by atoms with van der Waals surface area (Å²) in [6.07, 6.45) is -0.115. The van der Waals surface area contributed by atoms with Crippen LogP contribution in [0, 0.1) is 5.82 Å². The second kappa shape index (κ2) is 13.1. The van der Waals surface area contributed by atoms with Gasteiger partial charge in [-0.15, -0.1) is 0 Å². The quantitative estimate of drug-likeness (QED) is 0.131. The Labute approximate surface area is 291 Å². The Bertz CT molecular complexity index is 2410. The third kappa shape index (κ3) is 6.22. The topological polar surface area (TPSA) is 155 Å². The van der Waals surface area contributed by atoms with Crippen molar-refractivity contribution in [2.24, 2.45) is 4.99 Å². The molecular weight excluding hydrogens is 679 g/mol. The molecule has 0 aliphatic carbocycles. The van der Waals surface area contributed by atoms with Gasteiger partial charge in [0.25, 0.3) is 15.6 Å². The molecule has 2 aliphatic heterocycles. The van der Waals surface area contributed by atoms with Gasteiger partial charge in [0.05, 0.1) is 41.0 Å². The number of rotatable bonds is 9. The van der Waals surface area contributed by atoms with Crippen LogP contribution in [0.25, 0.3) is 22.3 Å². The van der Waals surface area contributed by atoms with Gasteiger partial charge in [-0.25, -0.2) is 27.4 Å². The number of ether oxygens (including phenoxy) is 3. The molecule has 260 valence electrons. The second-order valence-corrected chi connectivity index (χ2v) is 13.8. The Morgan fingerprint density at radius 1 is 1.06 bits per heavy atom. The highest BCUT2D eigenvalue weighted by Crippen LogP contribution is 2.41. The van der Waals surface area contributed by atoms with E-state index < -0.39 is 39.9 Å². The van der Waals surface area contributed by atoms with Crippen molar-refractivity contribution < 1.29 is 36.6 Å². The van der Waals surface area contributed by atoms with Gasteiger partial charge in [-0.05, 0) is 66.6 Å². The van der Waals surface area contributed by atoms with Crippen molar-refractivity contribution in [1.82, 2.24) is 14.3 Å². The number of sulfonamides is 1. The number of benzene rings is 3. The molecule has 14 heteroatoms. The fourth-order valence-electron chi connectivity index (χ4n) is 6.36. The van der Waals surface area contributed by atoms with Gasteiger partial charge in [-0.1, -0.05) is 37.3 Å². The predicted molar refractivity (Wildman–Crippen MR) is 184 cm³/mol. The third-order valence-corrected chi connectivity index (χ3v) is 10.4. The van der Waals surface area contributed by atoms with Crippen LogP contribution in [0.3, 0.4) is 0 Å². The number of nitrogens with zero attached hydrogens (tertiary/aromatic N) is 3. The fraction of sp³-hybridized carbons (Fsp3) is 0.216. The molecule has 4 heterocycles. The van der Waals surface area contributed by atoms with Crippen molar-refractivity contribution in [1.29, 1.82) is 0 Å². The first-order chi connectivity index (χ1) is 24.5. The van der Waals surface area contributed by atoms with Gasteiger partial charge in [0.2, 0.25) is 5.60 Å². The Balaban J connectivity index is 1.21. The molecule has 0 saturated carbocycles. The van der Waals surface area contributed by atoms with Gasteiger partial charge in [0.15, 0.2) is 0 Å². The van der Waals surface area contributed by atoms with Gasteiger partial charge in [0, 0.05) is 22.9 Å². The highest BCUT2D eigenvalue weighted by molar-refractivity contribution is 7.90. The number of hydrogen-bond donors (Lipinski definition) is 1. The molecule has 2 aromatic heterocycles. The normalized spacial score (nSPS) is 16.5. The number of carbonyl (C=O) groups is 2. The number of aliphatic imine (C=N–C) groups is 1. The molecule has 5 aromatic rings. The minimum absolute atomic E-state index is 0.0501. The van der Waals surface area contributed by atoms with E-state index >= 15 is 0 Å². The molecule has 0 saturated heterocycles. The van der Waals surface area contributed by atoms with Crippen molar-refractivity contribution in [3.8, 4) is 17.1 Å². The van der Waals surface area contributed by atoms with E-state index in [-0.39, 0.29) is 53.4 Å². The van der Waals surface area contributed by atoms with Crippen LogP contribution < -0.4 is 15.0 Å². The number of aromatic nitrogens is 2. The first-order valence-electron chi connectivity index (χ1n) is 16.0. The van der Waals surface area contributed by atoms with E-state index in [0.29, 0.717) is 22.7 Å². The van der Waals surface area contributed by atoms with E-state index in [2.05, 4.69) is 9.71 Å². The lowest BCUT2D eigenvalue weighted by Gasteiger charge is -2.35. The maximum Gasteiger partial charge on any atom is 0.355 e. The molecular formula is C37H31FN4O8S. The monoisotopic (exact) mass is 710 g/mol. The standard InChI is InChI=1S/C37H31FN4O8S/c1-3-37(29-18-31-34-24(17-23-6-4-5-7-30(23)40-34)20-42(31)35(44)28(29)21-49-36(37)45)50-33(43)19-39-32(16-22-8-12-26(48-2)13-9-22)41-51(46,47)27-14-10-25(38)11-15-27/h4-15,17-18H,3,16,19-21H2,1-2H3,(H,39,41)/t37-/m0/s1. The molecule has 1 N–H and O–H groups in total. The summed E-state index contributed by atoms with van der Waals surface area (Å²) in [6.45, 7) is 0.917. The highest BCUT2D eigenvalue weighted by atomic mass is 32.2. The van der Waals surface area contributed by atoms with Gasteiger partial charge in [-0.3, -0.25) is 14.5 Å². The molecule has 0 unspecified atom stereocenters. The fourth-order valence-corrected chi connectivity index (χ4v) is 7.42. The highest BCUT2D eigenvalue weighted by Gasteiger charge is 2.50. The van der Waals surface area contributed by atoms with Gasteiger partial charge in [0.1, 0.15) is 30.6 Å². The van der Waals surface area contributed by atoms with Crippen molar-refractivity contribution in [2.75, 3.05) is 13.7 Å². The van der Waals surface area contributed by atoms with Crippen LogP contribution in [0.4, 0.5) is 4.39 Å². The van der Waals surface area contributed by atoms with Gasteiger partial charge < -0.3 is 18.8 Å². The number of pyridine rings is 2. The van der Waals surface area contributed by atoms with Crippen LogP contribution in [0.5, 0.6) is 5.75 Å². The van der Waals surface area contributed by atoms with Crippen LogP contribution in [0.1, 0.15) is 35.6 Å². The number of nitrogens with one attached hydrogen (secondary N) is 1. The molecule has 2 aliphatic rings. The Kier molecular flexibility index (Phi) is 8.63.